The SMILES string of the molecule is Cc1nc(CCOCC(F)F)nc(Cl)c1I. The van der Waals surface area contributed by atoms with E-state index in [9.17, 15) is 8.78 Å². The van der Waals surface area contributed by atoms with Gasteiger partial charge >= 0.3 is 0 Å². The summed E-state index contributed by atoms with van der Waals surface area (Å²) in [5, 5.41) is 0.386. The summed E-state index contributed by atoms with van der Waals surface area (Å²) in [7, 11) is 0. The zero-order valence-corrected chi connectivity index (χ0v) is 11.4. The zero-order valence-electron chi connectivity index (χ0n) is 8.51. The van der Waals surface area contributed by atoms with Gasteiger partial charge in [-0.05, 0) is 29.5 Å². The molecule has 90 valence electrons. The van der Waals surface area contributed by atoms with Crippen molar-refractivity contribution in [2.45, 2.75) is 19.8 Å². The van der Waals surface area contributed by atoms with Gasteiger partial charge in [-0.15, -0.1) is 0 Å². The van der Waals surface area contributed by atoms with Crippen LogP contribution < -0.4 is 0 Å². The standard InChI is InChI=1S/C9H10ClF2IN2O/c1-5-8(13)9(10)15-7(14-5)2-3-16-4-6(11)12/h6H,2-4H2,1H3. The third-order valence-electron chi connectivity index (χ3n) is 1.74. The maximum atomic E-state index is 11.8. The second kappa shape index (κ2) is 6.61. The molecule has 3 nitrogen and oxygen atoms in total. The summed E-state index contributed by atoms with van der Waals surface area (Å²) in [6, 6.07) is 0. The summed E-state index contributed by atoms with van der Waals surface area (Å²) in [5.74, 6) is 0.511. The Kier molecular flexibility index (Phi) is 5.77. The molecular weight excluding hydrogens is 352 g/mol. The van der Waals surface area contributed by atoms with E-state index in [1.807, 2.05) is 6.92 Å². The van der Waals surface area contributed by atoms with Crippen molar-refractivity contribution < 1.29 is 13.5 Å². The first-order valence-corrected chi connectivity index (χ1v) is 6.00. The molecule has 0 amide bonds. The molecule has 16 heavy (non-hydrogen) atoms. The van der Waals surface area contributed by atoms with Gasteiger partial charge in [0.25, 0.3) is 6.43 Å². The Bertz CT molecular complexity index is 342. The molecule has 0 saturated heterocycles. The molecule has 0 radical (unpaired) electrons. The smallest absolute Gasteiger partial charge is 0.261 e. The Morgan fingerprint density at radius 3 is 2.69 bits per heavy atom. The van der Waals surface area contributed by atoms with Crippen molar-refractivity contribution in [3.05, 3.63) is 20.2 Å². The number of halogens is 4. The average molecular weight is 363 g/mol. The van der Waals surface area contributed by atoms with Gasteiger partial charge in [-0.3, -0.25) is 0 Å². The molecule has 1 rings (SSSR count). The van der Waals surface area contributed by atoms with Crippen LogP contribution in [0.25, 0.3) is 0 Å². The predicted octanol–water partition coefficient (Wildman–Crippen LogP) is 2.87. The van der Waals surface area contributed by atoms with E-state index in [1.54, 1.807) is 0 Å². The maximum absolute atomic E-state index is 11.8. The molecule has 0 unspecified atom stereocenters. The molecule has 0 N–H and O–H groups in total. The normalized spacial score (nSPS) is 11.1. The van der Waals surface area contributed by atoms with Crippen LogP contribution in [0, 0.1) is 10.5 Å². The molecule has 1 heterocycles. The van der Waals surface area contributed by atoms with Gasteiger partial charge in [0.1, 0.15) is 17.6 Å². The Hall–Kier alpha value is -0.0800. The monoisotopic (exact) mass is 362 g/mol. The minimum atomic E-state index is -2.44. The number of hydrogen-bond acceptors (Lipinski definition) is 3. The minimum Gasteiger partial charge on any atom is -0.375 e. The molecule has 0 bridgehead atoms. The fourth-order valence-corrected chi connectivity index (χ4v) is 1.50. The highest BCUT2D eigenvalue weighted by molar-refractivity contribution is 14.1. The predicted molar refractivity (Wildman–Crippen MR) is 65.0 cm³/mol. The first kappa shape index (κ1) is 14.0. The lowest BCUT2D eigenvalue weighted by molar-refractivity contribution is 0.0182. The van der Waals surface area contributed by atoms with E-state index in [0.717, 1.165) is 9.26 Å². The largest absolute Gasteiger partial charge is 0.375 e. The van der Waals surface area contributed by atoms with E-state index in [2.05, 4.69) is 32.6 Å². The maximum Gasteiger partial charge on any atom is 0.261 e. The summed E-state index contributed by atoms with van der Waals surface area (Å²) >= 11 is 7.91. The van der Waals surface area contributed by atoms with E-state index >= 15 is 0 Å². The highest BCUT2D eigenvalue weighted by Gasteiger charge is 2.08. The van der Waals surface area contributed by atoms with Crippen molar-refractivity contribution in [1.82, 2.24) is 9.97 Å². The number of ether oxygens (including phenoxy) is 1. The van der Waals surface area contributed by atoms with Gasteiger partial charge < -0.3 is 4.74 Å². The molecule has 0 saturated carbocycles. The summed E-state index contributed by atoms with van der Waals surface area (Å²) in [4.78, 5) is 8.21. The topological polar surface area (TPSA) is 35.0 Å². The first-order valence-electron chi connectivity index (χ1n) is 4.55. The van der Waals surface area contributed by atoms with Crippen LogP contribution in [0.3, 0.4) is 0 Å². The van der Waals surface area contributed by atoms with Crippen LogP contribution in [-0.4, -0.2) is 29.6 Å². The Balaban J connectivity index is 2.49. The highest BCUT2D eigenvalue weighted by atomic mass is 127. The number of alkyl halides is 2. The summed E-state index contributed by atoms with van der Waals surface area (Å²) in [5.41, 5.74) is 0.782. The fourth-order valence-electron chi connectivity index (χ4n) is 1.03. The van der Waals surface area contributed by atoms with Crippen LogP contribution in [-0.2, 0) is 11.2 Å². The van der Waals surface area contributed by atoms with E-state index < -0.39 is 13.0 Å². The van der Waals surface area contributed by atoms with E-state index in [0.29, 0.717) is 17.4 Å². The molecule has 0 fully saturated rings. The fraction of sp³-hybridized carbons (Fsp3) is 0.556. The van der Waals surface area contributed by atoms with Crippen LogP contribution in [0.1, 0.15) is 11.5 Å². The molecule has 7 heteroatoms. The van der Waals surface area contributed by atoms with Gasteiger partial charge in [0.15, 0.2) is 0 Å². The zero-order chi connectivity index (χ0) is 12.1. The van der Waals surface area contributed by atoms with Gasteiger partial charge in [0.05, 0.1) is 15.9 Å². The lowest BCUT2D eigenvalue weighted by atomic mass is 10.4. The molecule has 0 aliphatic carbocycles. The molecule has 0 aliphatic rings. The average Bonchev–Trinajstić information content (AvgIpc) is 2.20. The molecule has 0 spiro atoms. The number of rotatable bonds is 5. The lowest BCUT2D eigenvalue weighted by Crippen LogP contribution is -2.09. The third kappa shape index (κ3) is 4.42. The van der Waals surface area contributed by atoms with E-state index in [4.69, 9.17) is 16.3 Å². The number of hydrogen-bond donors (Lipinski definition) is 0. The van der Waals surface area contributed by atoms with Crippen LogP contribution >= 0.6 is 34.2 Å². The summed E-state index contributed by atoms with van der Waals surface area (Å²) in [6.45, 7) is 1.43. The van der Waals surface area contributed by atoms with Crippen LogP contribution in [0.15, 0.2) is 0 Å². The summed E-state index contributed by atoms with van der Waals surface area (Å²) < 4.78 is 29.1. The molecular formula is C9H10ClF2IN2O. The van der Waals surface area contributed by atoms with Gasteiger partial charge in [-0.2, -0.15) is 0 Å². The number of aryl methyl sites for hydroxylation is 1. The van der Waals surface area contributed by atoms with Crippen LogP contribution in [0.4, 0.5) is 8.78 Å². The number of nitrogens with zero attached hydrogens (tertiary/aromatic N) is 2. The van der Waals surface area contributed by atoms with Gasteiger partial charge in [-0.25, -0.2) is 18.7 Å². The molecule has 0 aromatic carbocycles. The van der Waals surface area contributed by atoms with E-state index in [1.165, 1.54) is 0 Å². The van der Waals surface area contributed by atoms with Crippen molar-refractivity contribution in [3.8, 4) is 0 Å². The van der Waals surface area contributed by atoms with Gasteiger partial charge in [0, 0.05) is 6.42 Å². The Labute approximate surface area is 111 Å². The Morgan fingerprint density at radius 1 is 1.44 bits per heavy atom. The Morgan fingerprint density at radius 2 is 2.12 bits per heavy atom. The van der Waals surface area contributed by atoms with Crippen LogP contribution in [0.2, 0.25) is 5.15 Å². The van der Waals surface area contributed by atoms with Crippen molar-refractivity contribution in [3.63, 3.8) is 0 Å². The quantitative estimate of drug-likeness (QED) is 0.459. The second-order valence-electron chi connectivity index (χ2n) is 3.05. The van der Waals surface area contributed by atoms with Gasteiger partial charge in [-0.1, -0.05) is 11.6 Å². The number of aromatic nitrogens is 2. The molecule has 0 atom stereocenters. The van der Waals surface area contributed by atoms with Crippen LogP contribution in [0.5, 0.6) is 0 Å². The molecule has 1 aromatic heterocycles. The molecule has 0 aliphatic heterocycles. The molecule has 1 aromatic rings. The first-order chi connectivity index (χ1) is 7.50. The highest BCUT2D eigenvalue weighted by Crippen LogP contribution is 2.18. The van der Waals surface area contributed by atoms with Crippen molar-refractivity contribution in [2.24, 2.45) is 0 Å². The van der Waals surface area contributed by atoms with Crippen molar-refractivity contribution >= 4 is 34.2 Å². The van der Waals surface area contributed by atoms with E-state index in [-0.39, 0.29) is 6.61 Å². The third-order valence-corrected chi connectivity index (χ3v) is 3.62. The van der Waals surface area contributed by atoms with Crippen molar-refractivity contribution in [2.75, 3.05) is 13.2 Å². The lowest BCUT2D eigenvalue weighted by Gasteiger charge is -2.05. The second-order valence-corrected chi connectivity index (χ2v) is 4.48. The summed E-state index contributed by atoms with van der Waals surface area (Å²) in [6.07, 6.45) is -2.06. The van der Waals surface area contributed by atoms with Crippen molar-refractivity contribution in [1.29, 1.82) is 0 Å². The minimum absolute atomic E-state index is 0.167. The van der Waals surface area contributed by atoms with Gasteiger partial charge in [0.2, 0.25) is 0 Å².